The molecule has 0 radical (unpaired) electrons. The molecule has 0 saturated carbocycles. The zero-order chi connectivity index (χ0) is 25.3. The standard InChI is InChI=1S/C25H18F5NO4/c26-20-17(21(27)23(29)24(30)22(20)28)9-12(10-19(32)33)31-25(34)35-11-18-15-7-3-1-5-13(15)14-6-2-4-8-16(14)18/h1-8,12,18H,9-11H2,(H,31,34)(H,32,33)/p-1/t12-/m0/s1. The Hall–Kier alpha value is -3.95. The third-order valence-corrected chi connectivity index (χ3v) is 5.83. The molecule has 3 aromatic carbocycles. The van der Waals surface area contributed by atoms with Gasteiger partial charge in [-0.3, -0.25) is 0 Å². The maximum Gasteiger partial charge on any atom is 0.407 e. The predicted molar refractivity (Wildman–Crippen MR) is 112 cm³/mol. The summed E-state index contributed by atoms with van der Waals surface area (Å²) in [7, 11) is 0. The highest BCUT2D eigenvalue weighted by Gasteiger charge is 2.30. The molecule has 0 aliphatic heterocycles. The maximum absolute atomic E-state index is 14.0. The van der Waals surface area contributed by atoms with E-state index in [4.69, 9.17) is 4.74 Å². The van der Waals surface area contributed by atoms with Crippen LogP contribution in [0.5, 0.6) is 0 Å². The molecule has 10 heteroatoms. The van der Waals surface area contributed by atoms with Gasteiger partial charge in [0.1, 0.15) is 6.61 Å². The fourth-order valence-electron chi connectivity index (χ4n) is 4.26. The van der Waals surface area contributed by atoms with Crippen LogP contribution in [0.15, 0.2) is 48.5 Å². The number of ether oxygens (including phenoxy) is 1. The summed E-state index contributed by atoms with van der Waals surface area (Å²) in [6.45, 7) is -0.138. The van der Waals surface area contributed by atoms with Gasteiger partial charge in [0.05, 0.1) is 0 Å². The van der Waals surface area contributed by atoms with E-state index in [1.165, 1.54) is 0 Å². The van der Waals surface area contributed by atoms with E-state index in [0.717, 1.165) is 22.3 Å². The fraction of sp³-hybridized carbons (Fsp3) is 0.200. The van der Waals surface area contributed by atoms with Crippen molar-refractivity contribution in [2.24, 2.45) is 0 Å². The molecule has 0 saturated heterocycles. The van der Waals surface area contributed by atoms with Crippen LogP contribution in [0.1, 0.15) is 29.0 Å². The van der Waals surface area contributed by atoms with Crippen molar-refractivity contribution in [1.82, 2.24) is 5.32 Å². The molecule has 0 spiro atoms. The van der Waals surface area contributed by atoms with Crippen LogP contribution in [0.25, 0.3) is 11.1 Å². The summed E-state index contributed by atoms with van der Waals surface area (Å²) in [6.07, 6.45) is -3.07. The summed E-state index contributed by atoms with van der Waals surface area (Å²) >= 11 is 0. The summed E-state index contributed by atoms with van der Waals surface area (Å²) in [5.41, 5.74) is 2.51. The zero-order valence-electron chi connectivity index (χ0n) is 17.9. The van der Waals surface area contributed by atoms with Crippen LogP contribution in [0.4, 0.5) is 26.7 Å². The average Bonchev–Trinajstić information content (AvgIpc) is 3.16. The molecule has 1 atom stereocenters. The lowest BCUT2D eigenvalue weighted by atomic mass is 9.98. The van der Waals surface area contributed by atoms with Crippen molar-refractivity contribution in [3.8, 4) is 11.1 Å². The Morgan fingerprint density at radius 3 is 1.83 bits per heavy atom. The van der Waals surface area contributed by atoms with Gasteiger partial charge >= 0.3 is 6.09 Å². The summed E-state index contributed by atoms with van der Waals surface area (Å²) in [4.78, 5) is 23.5. The molecule has 1 N–H and O–H groups in total. The van der Waals surface area contributed by atoms with Gasteiger partial charge in [-0.1, -0.05) is 48.5 Å². The number of carbonyl (C=O) groups is 2. The maximum atomic E-state index is 14.0. The molecular weight excluding hydrogens is 473 g/mol. The van der Waals surface area contributed by atoms with E-state index in [2.05, 4.69) is 5.32 Å². The first-order chi connectivity index (χ1) is 16.7. The SMILES string of the molecule is O=C([O-])C[C@H](Cc1c(F)c(F)c(F)c(F)c1F)NC(=O)OCC1c2ccccc2-c2ccccc21. The van der Waals surface area contributed by atoms with E-state index < -0.39 is 65.6 Å². The first-order valence-electron chi connectivity index (χ1n) is 10.5. The second-order valence-corrected chi connectivity index (χ2v) is 8.00. The lowest BCUT2D eigenvalue weighted by molar-refractivity contribution is -0.306. The Morgan fingerprint density at radius 1 is 0.829 bits per heavy atom. The van der Waals surface area contributed by atoms with Crippen LogP contribution < -0.4 is 10.4 Å². The molecule has 1 aliphatic rings. The van der Waals surface area contributed by atoms with Gasteiger partial charge in [-0.2, -0.15) is 0 Å². The average molecular weight is 490 g/mol. The first-order valence-corrected chi connectivity index (χ1v) is 10.5. The Balaban J connectivity index is 1.50. The lowest BCUT2D eigenvalue weighted by Crippen LogP contribution is -2.42. The monoisotopic (exact) mass is 490 g/mol. The van der Waals surface area contributed by atoms with E-state index >= 15 is 0 Å². The van der Waals surface area contributed by atoms with Crippen LogP contribution in [-0.2, 0) is 16.0 Å². The number of alkyl carbamates (subject to hydrolysis) is 1. The van der Waals surface area contributed by atoms with Crippen LogP contribution in [0.3, 0.4) is 0 Å². The molecule has 3 aromatic rings. The number of rotatable bonds is 7. The van der Waals surface area contributed by atoms with Gasteiger partial charge in [-0.25, -0.2) is 26.7 Å². The molecule has 1 aliphatic carbocycles. The predicted octanol–water partition coefficient (Wildman–Crippen LogP) is 3.97. The van der Waals surface area contributed by atoms with E-state index in [0.29, 0.717) is 0 Å². The number of nitrogens with one attached hydrogen (secondary N) is 1. The van der Waals surface area contributed by atoms with Gasteiger partial charge in [0.2, 0.25) is 5.82 Å². The number of benzene rings is 3. The van der Waals surface area contributed by atoms with Gasteiger partial charge in [-0.05, 0) is 28.7 Å². The highest BCUT2D eigenvalue weighted by atomic mass is 19.2. The largest absolute Gasteiger partial charge is 0.550 e. The Morgan fingerprint density at radius 2 is 1.31 bits per heavy atom. The quantitative estimate of drug-likeness (QED) is 0.309. The third kappa shape index (κ3) is 4.68. The van der Waals surface area contributed by atoms with Crippen molar-refractivity contribution in [3.05, 3.63) is 94.3 Å². The van der Waals surface area contributed by atoms with Crippen LogP contribution in [0, 0.1) is 29.1 Å². The van der Waals surface area contributed by atoms with E-state index in [9.17, 15) is 36.6 Å². The molecule has 0 aromatic heterocycles. The first kappa shape index (κ1) is 24.2. The minimum absolute atomic E-state index is 0.138. The molecule has 5 nitrogen and oxygen atoms in total. The smallest absolute Gasteiger partial charge is 0.407 e. The summed E-state index contributed by atoms with van der Waals surface area (Å²) in [5, 5.41) is 13.2. The van der Waals surface area contributed by atoms with E-state index in [-0.39, 0.29) is 12.5 Å². The molecule has 0 unspecified atom stereocenters. The van der Waals surface area contributed by atoms with Crippen LogP contribution in [0.2, 0.25) is 0 Å². The molecule has 35 heavy (non-hydrogen) atoms. The fourth-order valence-corrected chi connectivity index (χ4v) is 4.26. The zero-order valence-corrected chi connectivity index (χ0v) is 17.9. The highest BCUT2D eigenvalue weighted by Crippen LogP contribution is 2.44. The van der Waals surface area contributed by atoms with Gasteiger partial charge in [0.15, 0.2) is 23.3 Å². The molecule has 4 rings (SSSR count). The van der Waals surface area contributed by atoms with Gasteiger partial charge in [0.25, 0.3) is 0 Å². The second kappa shape index (κ2) is 9.73. The Labute approximate surface area is 196 Å². The summed E-state index contributed by atoms with van der Waals surface area (Å²) in [6, 6.07) is 13.4. The topological polar surface area (TPSA) is 78.5 Å². The van der Waals surface area contributed by atoms with E-state index in [1.54, 1.807) is 0 Å². The number of hydrogen-bond donors (Lipinski definition) is 1. The molecule has 182 valence electrons. The minimum atomic E-state index is -2.34. The van der Waals surface area contributed by atoms with E-state index in [1.807, 2.05) is 48.5 Å². The normalized spacial score (nSPS) is 13.2. The van der Waals surface area contributed by atoms with Crippen molar-refractivity contribution >= 4 is 12.1 Å². The number of hydrogen-bond acceptors (Lipinski definition) is 4. The number of carbonyl (C=O) groups excluding carboxylic acids is 2. The highest BCUT2D eigenvalue weighted by molar-refractivity contribution is 5.79. The number of carboxylic acid groups (broad SMARTS) is 1. The molecule has 0 bridgehead atoms. The van der Waals surface area contributed by atoms with Crippen molar-refractivity contribution in [2.45, 2.75) is 24.8 Å². The molecule has 0 heterocycles. The number of halogens is 5. The number of aliphatic carboxylic acids is 1. The van der Waals surface area contributed by atoms with Gasteiger partial charge < -0.3 is 20.0 Å². The number of carboxylic acids is 1. The summed E-state index contributed by atoms with van der Waals surface area (Å²) in [5.74, 6) is -12.9. The molecule has 0 fully saturated rings. The molecule has 1 amide bonds. The molecular formula is C25H17F5NO4-. The van der Waals surface area contributed by atoms with Crippen LogP contribution >= 0.6 is 0 Å². The number of amides is 1. The lowest BCUT2D eigenvalue weighted by Gasteiger charge is -2.21. The van der Waals surface area contributed by atoms with Gasteiger partial charge in [-0.15, -0.1) is 0 Å². The Kier molecular flexibility index (Phi) is 6.72. The number of fused-ring (bicyclic) bond motifs is 3. The van der Waals surface area contributed by atoms with Crippen molar-refractivity contribution < 1.29 is 41.4 Å². The Bertz CT molecular complexity index is 1240. The van der Waals surface area contributed by atoms with Crippen LogP contribution in [-0.4, -0.2) is 24.7 Å². The summed E-state index contributed by atoms with van der Waals surface area (Å²) < 4.78 is 73.7. The minimum Gasteiger partial charge on any atom is -0.550 e. The van der Waals surface area contributed by atoms with Crippen molar-refractivity contribution in [1.29, 1.82) is 0 Å². The second-order valence-electron chi connectivity index (χ2n) is 8.00. The van der Waals surface area contributed by atoms with Crippen molar-refractivity contribution in [2.75, 3.05) is 6.61 Å². The van der Waals surface area contributed by atoms with Crippen molar-refractivity contribution in [3.63, 3.8) is 0 Å². The van der Waals surface area contributed by atoms with Gasteiger partial charge in [0, 0.05) is 29.9 Å². The third-order valence-electron chi connectivity index (χ3n) is 5.83.